The average molecular weight is 194 g/mol. The molecule has 0 spiro atoms. The zero-order chi connectivity index (χ0) is 10.8. The first-order valence-electron chi connectivity index (χ1n) is 4.71. The number of nitrogen functional groups attached to an aromatic ring is 1. The lowest BCUT2D eigenvalue weighted by Gasteiger charge is -2.24. The number of methoxy groups -OCH3 is 1. The highest BCUT2D eigenvalue weighted by Crippen LogP contribution is 2.22. The van der Waals surface area contributed by atoms with Gasteiger partial charge in [0.25, 0.3) is 0 Å². The molecule has 1 aromatic rings. The minimum absolute atomic E-state index is 0.193. The van der Waals surface area contributed by atoms with Crippen LogP contribution in [-0.2, 0) is 11.2 Å². The van der Waals surface area contributed by atoms with E-state index in [-0.39, 0.29) is 5.60 Å². The summed E-state index contributed by atoms with van der Waals surface area (Å²) in [5.41, 5.74) is 7.88. The summed E-state index contributed by atoms with van der Waals surface area (Å²) < 4.78 is 5.37. The van der Waals surface area contributed by atoms with Crippen LogP contribution < -0.4 is 5.73 Å². The Morgan fingerprint density at radius 3 is 2.64 bits per heavy atom. The first-order chi connectivity index (χ1) is 6.46. The minimum Gasteiger partial charge on any atom is -0.383 e. The van der Waals surface area contributed by atoms with Crippen molar-refractivity contribution in [3.8, 4) is 0 Å². The molecule has 0 fully saturated rings. The molecule has 0 unspecified atom stereocenters. The molecule has 0 bridgehead atoms. The molecule has 0 atom stereocenters. The van der Waals surface area contributed by atoms with Gasteiger partial charge in [-0.2, -0.15) is 0 Å². The highest BCUT2D eigenvalue weighted by Gasteiger charge is 2.19. The van der Waals surface area contributed by atoms with Crippen LogP contribution in [0.1, 0.15) is 25.0 Å². The lowest BCUT2D eigenvalue weighted by molar-refractivity contribution is 0.0231. The average Bonchev–Trinajstić information content (AvgIpc) is 2.12. The molecule has 3 heteroatoms. The topological polar surface area (TPSA) is 48.1 Å². The van der Waals surface area contributed by atoms with Crippen LogP contribution in [0.15, 0.2) is 12.3 Å². The third-order valence-corrected chi connectivity index (χ3v) is 2.48. The molecule has 0 saturated carbocycles. The van der Waals surface area contributed by atoms with E-state index >= 15 is 0 Å². The third-order valence-electron chi connectivity index (χ3n) is 2.48. The molecule has 14 heavy (non-hydrogen) atoms. The quantitative estimate of drug-likeness (QED) is 0.800. The molecule has 0 amide bonds. The highest BCUT2D eigenvalue weighted by molar-refractivity contribution is 5.44. The standard InChI is InChI=1S/C11H18N2O/c1-8-5-6-13-10(12)9(8)7-11(2,3)14-4/h5-6H,7H2,1-4H3,(H2,12,13). The van der Waals surface area contributed by atoms with Crippen LogP contribution >= 0.6 is 0 Å². The van der Waals surface area contributed by atoms with Crippen molar-refractivity contribution >= 4 is 5.82 Å². The maximum absolute atomic E-state index is 5.82. The molecule has 0 aliphatic heterocycles. The number of aryl methyl sites for hydroxylation is 1. The van der Waals surface area contributed by atoms with Gasteiger partial charge in [-0.15, -0.1) is 0 Å². The smallest absolute Gasteiger partial charge is 0.126 e. The van der Waals surface area contributed by atoms with Gasteiger partial charge in [0.05, 0.1) is 5.60 Å². The van der Waals surface area contributed by atoms with Gasteiger partial charge < -0.3 is 10.5 Å². The second kappa shape index (κ2) is 3.96. The van der Waals surface area contributed by atoms with Gasteiger partial charge in [0.2, 0.25) is 0 Å². The second-order valence-electron chi connectivity index (χ2n) is 4.13. The molecule has 0 aliphatic carbocycles. The Morgan fingerprint density at radius 1 is 1.50 bits per heavy atom. The lowest BCUT2D eigenvalue weighted by Crippen LogP contribution is -2.26. The van der Waals surface area contributed by atoms with Crippen molar-refractivity contribution in [2.45, 2.75) is 32.8 Å². The normalized spacial score (nSPS) is 11.7. The zero-order valence-electron chi connectivity index (χ0n) is 9.29. The molecule has 0 radical (unpaired) electrons. The first-order valence-corrected chi connectivity index (χ1v) is 4.71. The maximum atomic E-state index is 5.82. The summed E-state index contributed by atoms with van der Waals surface area (Å²) in [5, 5.41) is 0. The molecule has 0 aliphatic rings. The fourth-order valence-electron chi connectivity index (χ4n) is 1.34. The summed E-state index contributed by atoms with van der Waals surface area (Å²) in [6.45, 7) is 6.12. The van der Waals surface area contributed by atoms with E-state index in [0.29, 0.717) is 5.82 Å². The van der Waals surface area contributed by atoms with Gasteiger partial charge in [0.15, 0.2) is 0 Å². The number of pyridine rings is 1. The number of aromatic nitrogens is 1. The zero-order valence-corrected chi connectivity index (χ0v) is 9.29. The highest BCUT2D eigenvalue weighted by atomic mass is 16.5. The van der Waals surface area contributed by atoms with E-state index in [1.165, 1.54) is 5.56 Å². The summed E-state index contributed by atoms with van der Waals surface area (Å²) >= 11 is 0. The molecule has 0 saturated heterocycles. The van der Waals surface area contributed by atoms with Gasteiger partial charge in [-0.1, -0.05) is 0 Å². The van der Waals surface area contributed by atoms with Crippen LogP contribution in [0.3, 0.4) is 0 Å². The Kier molecular flexibility index (Phi) is 3.11. The van der Waals surface area contributed by atoms with E-state index in [2.05, 4.69) is 4.98 Å². The van der Waals surface area contributed by atoms with Crippen LogP contribution in [0.25, 0.3) is 0 Å². The maximum Gasteiger partial charge on any atom is 0.126 e. The molecular formula is C11H18N2O. The second-order valence-corrected chi connectivity index (χ2v) is 4.13. The lowest BCUT2D eigenvalue weighted by atomic mass is 9.96. The molecular weight excluding hydrogens is 176 g/mol. The predicted octanol–water partition coefficient (Wildman–Crippen LogP) is 1.94. The molecule has 3 nitrogen and oxygen atoms in total. The van der Waals surface area contributed by atoms with Crippen molar-refractivity contribution in [1.29, 1.82) is 0 Å². The summed E-state index contributed by atoms with van der Waals surface area (Å²) in [5.74, 6) is 0.607. The Bertz CT molecular complexity index is 301. The Morgan fingerprint density at radius 2 is 2.14 bits per heavy atom. The summed E-state index contributed by atoms with van der Waals surface area (Å²) in [4.78, 5) is 4.08. The predicted molar refractivity (Wildman–Crippen MR) is 58.2 cm³/mol. The van der Waals surface area contributed by atoms with E-state index in [9.17, 15) is 0 Å². The van der Waals surface area contributed by atoms with Gasteiger partial charge in [-0.25, -0.2) is 4.98 Å². The SMILES string of the molecule is COC(C)(C)Cc1c(C)ccnc1N. The molecule has 1 rings (SSSR count). The van der Waals surface area contributed by atoms with Gasteiger partial charge in [-0.05, 0) is 32.4 Å². The van der Waals surface area contributed by atoms with Crippen molar-refractivity contribution in [2.24, 2.45) is 0 Å². The number of hydrogen-bond acceptors (Lipinski definition) is 3. The van der Waals surface area contributed by atoms with E-state index in [4.69, 9.17) is 10.5 Å². The number of ether oxygens (including phenoxy) is 1. The fourth-order valence-corrected chi connectivity index (χ4v) is 1.34. The minimum atomic E-state index is -0.193. The van der Waals surface area contributed by atoms with Gasteiger partial charge >= 0.3 is 0 Å². The van der Waals surface area contributed by atoms with Crippen molar-refractivity contribution < 1.29 is 4.74 Å². The molecule has 1 aromatic heterocycles. The van der Waals surface area contributed by atoms with Crippen molar-refractivity contribution in [3.05, 3.63) is 23.4 Å². The number of nitrogens with two attached hydrogens (primary N) is 1. The van der Waals surface area contributed by atoms with Crippen LogP contribution in [0.5, 0.6) is 0 Å². The Balaban J connectivity index is 2.97. The number of rotatable bonds is 3. The molecule has 78 valence electrons. The largest absolute Gasteiger partial charge is 0.383 e. The monoisotopic (exact) mass is 194 g/mol. The molecule has 0 aromatic carbocycles. The van der Waals surface area contributed by atoms with Gasteiger partial charge in [0, 0.05) is 25.3 Å². The summed E-state index contributed by atoms with van der Waals surface area (Å²) in [7, 11) is 1.71. The molecule has 2 N–H and O–H groups in total. The Labute approximate surface area is 85.3 Å². The van der Waals surface area contributed by atoms with Gasteiger partial charge in [-0.3, -0.25) is 0 Å². The van der Waals surface area contributed by atoms with E-state index in [1.807, 2.05) is 26.8 Å². The summed E-state index contributed by atoms with van der Waals surface area (Å²) in [6, 6.07) is 1.97. The van der Waals surface area contributed by atoms with Crippen molar-refractivity contribution in [2.75, 3.05) is 12.8 Å². The fraction of sp³-hybridized carbons (Fsp3) is 0.545. The van der Waals surface area contributed by atoms with Crippen molar-refractivity contribution in [3.63, 3.8) is 0 Å². The van der Waals surface area contributed by atoms with Crippen LogP contribution in [0.4, 0.5) is 5.82 Å². The van der Waals surface area contributed by atoms with Gasteiger partial charge in [0.1, 0.15) is 5.82 Å². The van der Waals surface area contributed by atoms with Crippen LogP contribution in [0.2, 0.25) is 0 Å². The van der Waals surface area contributed by atoms with Crippen LogP contribution in [0, 0.1) is 6.92 Å². The first kappa shape index (κ1) is 11.0. The molecule has 1 heterocycles. The van der Waals surface area contributed by atoms with Crippen molar-refractivity contribution in [1.82, 2.24) is 4.98 Å². The number of anilines is 1. The van der Waals surface area contributed by atoms with E-state index in [0.717, 1.165) is 12.0 Å². The third kappa shape index (κ3) is 2.45. The summed E-state index contributed by atoms with van der Waals surface area (Å²) in [6.07, 6.45) is 2.52. The number of nitrogens with zero attached hydrogens (tertiary/aromatic N) is 1. The van der Waals surface area contributed by atoms with E-state index < -0.39 is 0 Å². The van der Waals surface area contributed by atoms with Crippen LogP contribution in [-0.4, -0.2) is 17.7 Å². The number of hydrogen-bond donors (Lipinski definition) is 1. The Hall–Kier alpha value is -1.09. The van der Waals surface area contributed by atoms with E-state index in [1.54, 1.807) is 13.3 Å².